The van der Waals surface area contributed by atoms with E-state index in [0.29, 0.717) is 11.3 Å². The number of carbonyl (C=O) groups is 1. The summed E-state index contributed by atoms with van der Waals surface area (Å²) in [4.78, 5) is 22.8. The summed E-state index contributed by atoms with van der Waals surface area (Å²) >= 11 is 0. The standard InChI is InChI=1S/C18H16N2O4/c1-18(2,3)17(21)12(11-19)10-13-8-9-16(24-13)14-6-4-5-7-15(14)20(22)23/h4-10H,1-3H3/b12-10+. The van der Waals surface area contributed by atoms with Crippen molar-refractivity contribution in [2.24, 2.45) is 5.41 Å². The Kier molecular flexibility index (Phi) is 4.65. The molecule has 0 radical (unpaired) electrons. The van der Waals surface area contributed by atoms with Crippen LogP contribution in [0.1, 0.15) is 26.5 Å². The summed E-state index contributed by atoms with van der Waals surface area (Å²) in [7, 11) is 0. The van der Waals surface area contributed by atoms with Crippen LogP contribution in [0.4, 0.5) is 5.69 Å². The second-order valence-electron chi connectivity index (χ2n) is 6.23. The van der Waals surface area contributed by atoms with Crippen LogP contribution in [-0.2, 0) is 4.79 Å². The van der Waals surface area contributed by atoms with Gasteiger partial charge in [-0.2, -0.15) is 5.26 Å². The minimum absolute atomic E-state index is 0.0223. The first-order valence-electron chi connectivity index (χ1n) is 7.24. The number of Topliss-reactive ketones (excluding diaryl/α,β-unsaturated/α-hetero) is 1. The Bertz CT molecular complexity index is 864. The fourth-order valence-electron chi connectivity index (χ4n) is 2.11. The monoisotopic (exact) mass is 324 g/mol. The number of hydrogen-bond acceptors (Lipinski definition) is 5. The first kappa shape index (κ1) is 17.2. The fourth-order valence-corrected chi connectivity index (χ4v) is 2.11. The molecule has 0 aliphatic rings. The Morgan fingerprint density at radius 1 is 1.25 bits per heavy atom. The lowest BCUT2D eigenvalue weighted by Gasteiger charge is -2.15. The second kappa shape index (κ2) is 6.50. The summed E-state index contributed by atoms with van der Waals surface area (Å²) in [5.74, 6) is 0.292. The summed E-state index contributed by atoms with van der Waals surface area (Å²) in [6.07, 6.45) is 1.35. The molecule has 0 N–H and O–H groups in total. The van der Waals surface area contributed by atoms with Crippen LogP contribution in [0.25, 0.3) is 17.4 Å². The minimum atomic E-state index is -0.685. The van der Waals surface area contributed by atoms with Gasteiger partial charge in [-0.1, -0.05) is 32.9 Å². The van der Waals surface area contributed by atoms with E-state index in [4.69, 9.17) is 4.42 Å². The lowest BCUT2D eigenvalue weighted by Crippen LogP contribution is -2.21. The van der Waals surface area contributed by atoms with E-state index in [1.54, 1.807) is 51.1 Å². The highest BCUT2D eigenvalue weighted by atomic mass is 16.6. The number of nitro groups is 1. The molecule has 0 aliphatic carbocycles. The Hall–Kier alpha value is -3.20. The molecule has 0 fully saturated rings. The highest BCUT2D eigenvalue weighted by molar-refractivity contribution is 6.06. The maximum Gasteiger partial charge on any atom is 0.280 e. The van der Waals surface area contributed by atoms with E-state index in [1.165, 1.54) is 12.1 Å². The number of ketones is 1. The molecule has 2 aromatic rings. The number of furan rings is 1. The molecule has 0 amide bonds. The van der Waals surface area contributed by atoms with Crippen LogP contribution in [0, 0.1) is 26.9 Å². The first-order valence-corrected chi connectivity index (χ1v) is 7.24. The van der Waals surface area contributed by atoms with E-state index >= 15 is 0 Å². The average Bonchev–Trinajstić information content (AvgIpc) is 2.99. The molecule has 0 spiro atoms. The average molecular weight is 324 g/mol. The number of benzene rings is 1. The largest absolute Gasteiger partial charge is 0.456 e. The molecule has 1 heterocycles. The van der Waals surface area contributed by atoms with Crippen molar-refractivity contribution < 1.29 is 14.1 Å². The van der Waals surface area contributed by atoms with Gasteiger partial charge in [0.1, 0.15) is 17.6 Å². The third-order valence-corrected chi connectivity index (χ3v) is 3.33. The molecule has 0 saturated heterocycles. The zero-order valence-corrected chi connectivity index (χ0v) is 13.6. The molecule has 0 unspecified atom stereocenters. The molecule has 1 aromatic heterocycles. The third-order valence-electron chi connectivity index (χ3n) is 3.33. The molecular weight excluding hydrogens is 308 g/mol. The highest BCUT2D eigenvalue weighted by Crippen LogP contribution is 2.31. The zero-order chi connectivity index (χ0) is 17.9. The molecule has 24 heavy (non-hydrogen) atoms. The second-order valence-corrected chi connectivity index (χ2v) is 6.23. The van der Waals surface area contributed by atoms with Gasteiger partial charge in [-0.05, 0) is 18.2 Å². The van der Waals surface area contributed by atoms with Crippen molar-refractivity contribution in [1.29, 1.82) is 5.26 Å². The summed E-state index contributed by atoms with van der Waals surface area (Å²) < 4.78 is 5.57. The van der Waals surface area contributed by atoms with Crippen molar-refractivity contribution in [3.05, 3.63) is 57.8 Å². The number of nitriles is 1. The predicted molar refractivity (Wildman–Crippen MR) is 88.9 cm³/mol. The topological polar surface area (TPSA) is 97.1 Å². The van der Waals surface area contributed by atoms with Gasteiger partial charge in [0.25, 0.3) is 5.69 Å². The van der Waals surface area contributed by atoms with Crippen molar-refractivity contribution in [3.8, 4) is 17.4 Å². The number of rotatable bonds is 4. The van der Waals surface area contributed by atoms with Crippen LogP contribution >= 0.6 is 0 Å². The molecular formula is C18H16N2O4. The fraction of sp³-hybridized carbons (Fsp3) is 0.222. The van der Waals surface area contributed by atoms with Gasteiger partial charge in [0.15, 0.2) is 5.78 Å². The molecule has 0 saturated carbocycles. The van der Waals surface area contributed by atoms with Gasteiger partial charge in [-0.15, -0.1) is 0 Å². The van der Waals surface area contributed by atoms with Gasteiger partial charge >= 0.3 is 0 Å². The van der Waals surface area contributed by atoms with Crippen LogP contribution in [0.15, 0.2) is 46.4 Å². The number of para-hydroxylation sites is 1. The van der Waals surface area contributed by atoms with Crippen LogP contribution in [-0.4, -0.2) is 10.7 Å². The normalized spacial score (nSPS) is 11.8. The van der Waals surface area contributed by atoms with E-state index < -0.39 is 10.3 Å². The molecule has 0 atom stereocenters. The molecule has 1 aromatic carbocycles. The van der Waals surface area contributed by atoms with Gasteiger partial charge in [-0.3, -0.25) is 14.9 Å². The van der Waals surface area contributed by atoms with Crippen molar-refractivity contribution in [2.45, 2.75) is 20.8 Å². The summed E-state index contributed by atoms with van der Waals surface area (Å²) in [5, 5.41) is 20.3. The minimum Gasteiger partial charge on any atom is -0.456 e. The Morgan fingerprint density at radius 3 is 2.50 bits per heavy atom. The van der Waals surface area contributed by atoms with Crippen LogP contribution < -0.4 is 0 Å². The van der Waals surface area contributed by atoms with Crippen molar-refractivity contribution in [2.75, 3.05) is 0 Å². The van der Waals surface area contributed by atoms with Crippen molar-refractivity contribution in [1.82, 2.24) is 0 Å². The maximum atomic E-state index is 12.2. The number of nitro benzene ring substituents is 1. The highest BCUT2D eigenvalue weighted by Gasteiger charge is 2.25. The van der Waals surface area contributed by atoms with Gasteiger partial charge < -0.3 is 4.42 Å². The van der Waals surface area contributed by atoms with E-state index in [2.05, 4.69) is 0 Å². The number of allylic oxidation sites excluding steroid dienone is 1. The quantitative estimate of drug-likeness (QED) is 0.360. The van der Waals surface area contributed by atoms with E-state index in [0.717, 1.165) is 0 Å². The zero-order valence-electron chi connectivity index (χ0n) is 13.6. The Labute approximate surface area is 139 Å². The predicted octanol–water partition coefficient (Wildman–Crippen LogP) is 4.38. The lowest BCUT2D eigenvalue weighted by atomic mass is 9.86. The molecule has 6 nitrogen and oxygen atoms in total. The van der Waals surface area contributed by atoms with Crippen LogP contribution in [0.3, 0.4) is 0 Å². The molecule has 0 aliphatic heterocycles. The lowest BCUT2D eigenvalue weighted by molar-refractivity contribution is -0.384. The number of carbonyl (C=O) groups excluding carboxylic acids is 1. The Morgan fingerprint density at radius 2 is 1.92 bits per heavy atom. The van der Waals surface area contributed by atoms with E-state index in [-0.39, 0.29) is 22.8 Å². The maximum absolute atomic E-state index is 12.2. The van der Waals surface area contributed by atoms with Crippen molar-refractivity contribution >= 4 is 17.5 Å². The SMILES string of the molecule is CC(C)(C)C(=O)/C(C#N)=C/c1ccc(-c2ccccc2[N+](=O)[O-])o1. The number of hydrogen-bond donors (Lipinski definition) is 0. The van der Waals surface area contributed by atoms with Gasteiger partial charge in [0.2, 0.25) is 0 Å². The first-order chi connectivity index (χ1) is 11.2. The molecule has 6 heteroatoms. The Balaban J connectivity index is 2.42. The van der Waals surface area contributed by atoms with Gasteiger partial charge in [0, 0.05) is 17.6 Å². The van der Waals surface area contributed by atoms with E-state index in [1.807, 2.05) is 6.07 Å². The van der Waals surface area contributed by atoms with Crippen LogP contribution in [0.2, 0.25) is 0 Å². The smallest absolute Gasteiger partial charge is 0.280 e. The van der Waals surface area contributed by atoms with E-state index in [9.17, 15) is 20.2 Å². The summed E-state index contributed by atoms with van der Waals surface area (Å²) in [5.41, 5.74) is -0.447. The number of nitrogens with zero attached hydrogens (tertiary/aromatic N) is 2. The van der Waals surface area contributed by atoms with Crippen molar-refractivity contribution in [3.63, 3.8) is 0 Å². The van der Waals surface area contributed by atoms with Crippen LogP contribution in [0.5, 0.6) is 0 Å². The summed E-state index contributed by atoms with van der Waals surface area (Å²) in [6, 6.07) is 11.2. The molecule has 2 rings (SSSR count). The van der Waals surface area contributed by atoms with Gasteiger partial charge in [-0.25, -0.2) is 0 Å². The third kappa shape index (κ3) is 3.58. The summed E-state index contributed by atoms with van der Waals surface area (Å²) in [6.45, 7) is 5.17. The molecule has 0 bridgehead atoms. The molecule has 122 valence electrons. The van der Waals surface area contributed by atoms with Gasteiger partial charge in [0.05, 0.1) is 16.1 Å².